The normalized spacial score (nSPS) is 58.6. The van der Waals surface area contributed by atoms with E-state index in [0.29, 0.717) is 48.3 Å². The van der Waals surface area contributed by atoms with Gasteiger partial charge in [0.15, 0.2) is 11.6 Å². The van der Waals surface area contributed by atoms with Crippen LogP contribution >= 0.6 is 0 Å². The SMILES string of the molecule is C[C@H]1[C@H]2[C@H](C[C@@H]3[C@@H]4CC[C@H]5Cc6nc7c(nc6C[C@]5(C)[C@H]4C[C@@H](O)[C@]23C)C[C@@H]2CC[C@@H]3[C@H](CC(=O)[C@]34C[C@@H]3O[C@@]5(CCC(C)(C)O5)[C@@H](C)[C@@H]3[C@]4(C)O)[C@@]2(C)C7)O[C@@]12CCC(C)(C)O2. The predicted molar refractivity (Wildman–Crippen MR) is 236 cm³/mol. The lowest BCUT2D eigenvalue weighted by atomic mass is 9.44. The molecule has 8 aliphatic carbocycles. The van der Waals surface area contributed by atoms with E-state index in [-0.39, 0.29) is 81.1 Å². The van der Waals surface area contributed by atoms with E-state index >= 15 is 0 Å². The van der Waals surface area contributed by atoms with E-state index in [0.717, 1.165) is 77.0 Å². The van der Waals surface area contributed by atoms with E-state index in [1.807, 2.05) is 6.92 Å². The first-order valence-corrected chi connectivity index (χ1v) is 26.1. The van der Waals surface area contributed by atoms with Crippen molar-refractivity contribution in [2.75, 3.05) is 0 Å². The molecule has 0 bridgehead atoms. The van der Waals surface area contributed by atoms with Gasteiger partial charge in [-0.1, -0.05) is 34.6 Å². The fraction of sp³-hybridized carbons (Fsp3) is 0.907. The van der Waals surface area contributed by atoms with Crippen molar-refractivity contribution in [3.63, 3.8) is 0 Å². The quantitative estimate of drug-likeness (QED) is 0.264. The highest BCUT2D eigenvalue weighted by Gasteiger charge is 2.79. The number of ether oxygens (including phenoxy) is 4. The number of aliphatic hydroxyl groups is 2. The number of nitrogens with zero attached hydrogens (tertiary/aromatic N) is 2. The maximum atomic E-state index is 14.8. The summed E-state index contributed by atoms with van der Waals surface area (Å²) in [6, 6.07) is 0. The van der Waals surface area contributed by atoms with Gasteiger partial charge < -0.3 is 29.2 Å². The molecule has 4 aliphatic heterocycles. The highest BCUT2D eigenvalue weighted by molar-refractivity contribution is 5.90. The molecule has 1 aromatic rings. The number of hydrogen-bond acceptors (Lipinski definition) is 9. The highest BCUT2D eigenvalue weighted by atomic mass is 16.7. The fourth-order valence-electron chi connectivity index (χ4n) is 20.7. The molecule has 0 amide bonds. The second-order valence-electron chi connectivity index (χ2n) is 27.0. The Balaban J connectivity index is 0.755. The molecule has 10 fully saturated rings. The summed E-state index contributed by atoms with van der Waals surface area (Å²) < 4.78 is 27.4. The van der Waals surface area contributed by atoms with Crippen molar-refractivity contribution in [1.29, 1.82) is 0 Å². The van der Waals surface area contributed by atoms with Gasteiger partial charge in [0.25, 0.3) is 0 Å². The zero-order chi connectivity index (χ0) is 44.0. The highest BCUT2D eigenvalue weighted by Crippen LogP contribution is 2.74. The zero-order valence-corrected chi connectivity index (χ0v) is 40.2. The van der Waals surface area contributed by atoms with E-state index in [4.69, 9.17) is 28.9 Å². The molecule has 5 heterocycles. The number of Topliss-reactive ketones (excluding diaryl/α,β-unsaturated/α-hetero) is 1. The van der Waals surface area contributed by atoms with Crippen molar-refractivity contribution in [1.82, 2.24) is 9.97 Å². The lowest BCUT2D eigenvalue weighted by Crippen LogP contribution is -2.59. The lowest BCUT2D eigenvalue weighted by Gasteiger charge is -2.62. The molecular formula is C54H78N2O7. The van der Waals surface area contributed by atoms with Gasteiger partial charge in [-0.3, -0.25) is 14.8 Å². The van der Waals surface area contributed by atoms with Gasteiger partial charge in [0.1, 0.15) is 5.78 Å². The van der Waals surface area contributed by atoms with Crippen LogP contribution in [0.2, 0.25) is 0 Å². The van der Waals surface area contributed by atoms with Crippen LogP contribution in [-0.4, -0.2) is 72.7 Å². The summed E-state index contributed by atoms with van der Waals surface area (Å²) in [7, 11) is 0. The van der Waals surface area contributed by atoms with Gasteiger partial charge in [0, 0.05) is 48.3 Å². The third kappa shape index (κ3) is 4.95. The molecule has 6 saturated carbocycles. The Morgan fingerprint density at radius 1 is 0.603 bits per heavy atom. The third-order valence-corrected chi connectivity index (χ3v) is 23.8. The first-order valence-electron chi connectivity index (χ1n) is 26.1. The molecule has 9 heteroatoms. The molecule has 63 heavy (non-hydrogen) atoms. The molecule has 2 N–H and O–H groups in total. The maximum Gasteiger partial charge on any atom is 0.172 e. The summed E-state index contributed by atoms with van der Waals surface area (Å²) in [4.78, 5) is 26.1. The second-order valence-corrected chi connectivity index (χ2v) is 27.0. The number of carbonyl (C=O) groups excluding carboxylic acids is 1. The van der Waals surface area contributed by atoms with Crippen molar-refractivity contribution in [3.8, 4) is 0 Å². The first-order chi connectivity index (χ1) is 29.5. The Kier molecular flexibility index (Phi) is 8.20. The summed E-state index contributed by atoms with van der Waals surface area (Å²) in [6.45, 7) is 22.8. The Hall–Kier alpha value is -1.49. The van der Waals surface area contributed by atoms with Crippen LogP contribution in [0.15, 0.2) is 0 Å². The van der Waals surface area contributed by atoms with Gasteiger partial charge in [0.2, 0.25) is 0 Å². The van der Waals surface area contributed by atoms with Crippen molar-refractivity contribution in [2.24, 2.45) is 86.8 Å². The molecule has 12 aliphatic rings. The van der Waals surface area contributed by atoms with E-state index in [1.165, 1.54) is 35.6 Å². The van der Waals surface area contributed by atoms with Gasteiger partial charge in [-0.05, 0) is 170 Å². The van der Waals surface area contributed by atoms with Crippen LogP contribution in [0.4, 0.5) is 0 Å². The number of rotatable bonds is 0. The van der Waals surface area contributed by atoms with Crippen LogP contribution in [0.3, 0.4) is 0 Å². The van der Waals surface area contributed by atoms with Crippen molar-refractivity contribution >= 4 is 5.78 Å². The van der Waals surface area contributed by atoms with Crippen LogP contribution in [0.1, 0.15) is 169 Å². The second kappa shape index (κ2) is 12.4. The molecule has 1 aromatic heterocycles. The summed E-state index contributed by atoms with van der Waals surface area (Å²) >= 11 is 0. The smallest absolute Gasteiger partial charge is 0.172 e. The Labute approximate surface area is 376 Å². The molecular weight excluding hydrogens is 789 g/mol. The molecule has 13 rings (SSSR count). The predicted octanol–water partition coefficient (Wildman–Crippen LogP) is 8.75. The molecule has 0 unspecified atom stereocenters. The number of fused-ring (bicyclic) bond motifs is 14. The molecule has 9 nitrogen and oxygen atoms in total. The van der Waals surface area contributed by atoms with Gasteiger partial charge >= 0.3 is 0 Å². The minimum Gasteiger partial charge on any atom is -0.393 e. The van der Waals surface area contributed by atoms with Gasteiger partial charge in [0.05, 0.1) is 63.3 Å². The molecule has 4 saturated heterocycles. The Bertz CT molecular complexity index is 2170. The molecule has 0 radical (unpaired) electrons. The molecule has 3 spiro atoms. The van der Waals surface area contributed by atoms with Gasteiger partial charge in [-0.25, -0.2) is 0 Å². The van der Waals surface area contributed by atoms with Crippen LogP contribution in [0.5, 0.6) is 0 Å². The van der Waals surface area contributed by atoms with Crippen LogP contribution in [0, 0.1) is 86.8 Å². The number of aromatic nitrogens is 2. The summed E-state index contributed by atoms with van der Waals surface area (Å²) in [6.07, 6.45) is 14.8. The van der Waals surface area contributed by atoms with Gasteiger partial charge in [-0.15, -0.1) is 0 Å². The summed E-state index contributed by atoms with van der Waals surface area (Å²) in [5.41, 5.74) is 2.37. The number of ketones is 1. The lowest BCUT2D eigenvalue weighted by molar-refractivity contribution is -0.257. The van der Waals surface area contributed by atoms with E-state index in [2.05, 4.69) is 62.3 Å². The summed E-state index contributed by atoms with van der Waals surface area (Å²) in [5, 5.41) is 25.4. The molecule has 0 aromatic carbocycles. The number of carbonyl (C=O) groups is 1. The average Bonchev–Trinajstić information content (AvgIpc) is 4.02. The monoisotopic (exact) mass is 867 g/mol. The maximum absolute atomic E-state index is 14.8. The largest absolute Gasteiger partial charge is 0.393 e. The standard InChI is InChI=1S/C54H78N2O7/c1-27-44-40(60-53(27)17-15-46(3,4)62-53)21-34-31-13-11-29-19-36-38(24-48(29,7)33(31)22-42(57)50(34,44)9)55-37-20-30-12-14-32-35(49(30,8)25-39(37)56-36)23-43(58)52(32)26-41-45(51(52,10)59)28(2)54(61-41)18-16-47(5,6)63-54/h27-35,40-42,44-45,57,59H,11-26H2,1-10H3/t27-,28-,29-,30-,31+,32+,33-,34+,35-,40-,41-,42+,44-,45-,48-,49-,50+,51-,52-,53+,54+/m0/s1. The van der Waals surface area contributed by atoms with E-state index < -0.39 is 22.6 Å². The minimum atomic E-state index is -1.14. The van der Waals surface area contributed by atoms with E-state index in [9.17, 15) is 15.0 Å². The Morgan fingerprint density at radius 3 is 1.73 bits per heavy atom. The third-order valence-electron chi connectivity index (χ3n) is 23.8. The first kappa shape index (κ1) is 41.7. The number of aliphatic hydroxyl groups excluding tert-OH is 1. The van der Waals surface area contributed by atoms with Crippen LogP contribution < -0.4 is 0 Å². The van der Waals surface area contributed by atoms with Crippen molar-refractivity contribution in [3.05, 3.63) is 22.8 Å². The van der Waals surface area contributed by atoms with Crippen LogP contribution in [0.25, 0.3) is 0 Å². The fourth-order valence-corrected chi connectivity index (χ4v) is 20.7. The number of hydrogen-bond donors (Lipinski definition) is 2. The summed E-state index contributed by atoms with van der Waals surface area (Å²) in [5.74, 6) is 2.51. The van der Waals surface area contributed by atoms with E-state index in [1.54, 1.807) is 0 Å². The van der Waals surface area contributed by atoms with Crippen molar-refractivity contribution < 1.29 is 34.0 Å². The minimum absolute atomic E-state index is 0.0225. The van der Waals surface area contributed by atoms with Crippen LogP contribution in [-0.2, 0) is 49.4 Å². The Morgan fingerprint density at radius 2 is 1.16 bits per heavy atom. The molecule has 346 valence electrons. The zero-order valence-electron chi connectivity index (χ0n) is 40.2. The van der Waals surface area contributed by atoms with Crippen molar-refractivity contribution in [2.45, 2.75) is 219 Å². The van der Waals surface area contributed by atoms with Gasteiger partial charge in [-0.2, -0.15) is 0 Å². The topological polar surface area (TPSA) is 120 Å². The average molecular weight is 867 g/mol. The molecule has 21 atom stereocenters.